The third kappa shape index (κ3) is 3.42. The number of aryl methyl sites for hydroxylation is 1. The van der Waals surface area contributed by atoms with Crippen molar-refractivity contribution in [2.45, 2.75) is 26.7 Å². The summed E-state index contributed by atoms with van der Waals surface area (Å²) in [6.07, 6.45) is 2.38. The predicted molar refractivity (Wildman–Crippen MR) is 97.9 cm³/mol. The van der Waals surface area contributed by atoms with Gasteiger partial charge in [-0.1, -0.05) is 6.92 Å². The van der Waals surface area contributed by atoms with Gasteiger partial charge in [0.05, 0.1) is 0 Å². The first-order valence-electron chi connectivity index (χ1n) is 8.90. The van der Waals surface area contributed by atoms with Crippen molar-refractivity contribution in [1.29, 1.82) is 0 Å². The summed E-state index contributed by atoms with van der Waals surface area (Å²) in [6, 6.07) is 7.09. The Labute approximate surface area is 152 Å². The van der Waals surface area contributed by atoms with Crippen molar-refractivity contribution in [2.75, 3.05) is 30.1 Å². The maximum atomic E-state index is 12.7. The maximum Gasteiger partial charge on any atom is 0.274 e. The summed E-state index contributed by atoms with van der Waals surface area (Å²) in [5, 5.41) is 2.87. The lowest BCUT2D eigenvalue weighted by Gasteiger charge is -2.32. The first-order chi connectivity index (χ1) is 12.6. The molecule has 2 aliphatic rings. The van der Waals surface area contributed by atoms with Crippen LogP contribution in [0.2, 0.25) is 0 Å². The maximum absolute atomic E-state index is 12.7. The summed E-state index contributed by atoms with van der Waals surface area (Å²) in [7, 11) is 0. The minimum atomic E-state index is -0.263. The molecule has 1 fully saturated rings. The van der Waals surface area contributed by atoms with E-state index in [0.29, 0.717) is 34.6 Å². The second-order valence-electron chi connectivity index (χ2n) is 6.87. The van der Waals surface area contributed by atoms with Crippen molar-refractivity contribution in [3.8, 4) is 11.5 Å². The largest absolute Gasteiger partial charge is 0.454 e. The Bertz CT molecular complexity index is 840. The zero-order chi connectivity index (χ0) is 18.1. The SMILES string of the molecule is Cc1nc(C(=O)Nc2ccc3c(c2)OCO3)cc(N2CCCC(C)C2)n1. The van der Waals surface area contributed by atoms with Crippen LogP contribution in [0.1, 0.15) is 36.1 Å². The van der Waals surface area contributed by atoms with Crippen molar-refractivity contribution in [3.05, 3.63) is 35.8 Å². The van der Waals surface area contributed by atoms with E-state index in [0.717, 1.165) is 25.3 Å². The Morgan fingerprint density at radius 2 is 2.08 bits per heavy atom. The second kappa shape index (κ2) is 6.82. The molecule has 0 radical (unpaired) electrons. The topological polar surface area (TPSA) is 76.6 Å². The average molecular weight is 354 g/mol. The molecule has 1 aromatic heterocycles. The van der Waals surface area contributed by atoms with Crippen LogP contribution in [0, 0.1) is 12.8 Å². The molecule has 2 aliphatic heterocycles. The fourth-order valence-corrected chi connectivity index (χ4v) is 3.40. The summed E-state index contributed by atoms with van der Waals surface area (Å²) < 4.78 is 10.6. The summed E-state index contributed by atoms with van der Waals surface area (Å²) >= 11 is 0. The van der Waals surface area contributed by atoms with Gasteiger partial charge in [-0.2, -0.15) is 0 Å². The van der Waals surface area contributed by atoms with Crippen LogP contribution in [0.3, 0.4) is 0 Å². The van der Waals surface area contributed by atoms with E-state index in [2.05, 4.69) is 27.1 Å². The minimum Gasteiger partial charge on any atom is -0.454 e. The van der Waals surface area contributed by atoms with Gasteiger partial charge in [0.15, 0.2) is 11.5 Å². The van der Waals surface area contributed by atoms with Gasteiger partial charge in [-0.25, -0.2) is 9.97 Å². The first kappa shape index (κ1) is 16.6. The highest BCUT2D eigenvalue weighted by Crippen LogP contribution is 2.34. The highest BCUT2D eigenvalue weighted by atomic mass is 16.7. The van der Waals surface area contributed by atoms with E-state index < -0.39 is 0 Å². The highest BCUT2D eigenvalue weighted by Gasteiger charge is 2.20. The van der Waals surface area contributed by atoms with Gasteiger partial charge in [0.25, 0.3) is 5.91 Å². The number of rotatable bonds is 3. The van der Waals surface area contributed by atoms with E-state index in [1.54, 1.807) is 24.3 Å². The number of ether oxygens (including phenoxy) is 2. The van der Waals surface area contributed by atoms with Gasteiger partial charge in [-0.15, -0.1) is 0 Å². The van der Waals surface area contributed by atoms with E-state index in [1.165, 1.54) is 6.42 Å². The van der Waals surface area contributed by atoms with Gasteiger partial charge in [0, 0.05) is 30.9 Å². The highest BCUT2D eigenvalue weighted by molar-refractivity contribution is 6.03. The van der Waals surface area contributed by atoms with Crippen molar-refractivity contribution in [1.82, 2.24) is 9.97 Å². The van der Waals surface area contributed by atoms with E-state index in [1.807, 2.05) is 6.92 Å². The molecule has 2 aromatic rings. The number of carbonyl (C=O) groups excluding carboxylic acids is 1. The average Bonchev–Trinajstić information content (AvgIpc) is 3.09. The Kier molecular flexibility index (Phi) is 4.36. The lowest BCUT2D eigenvalue weighted by atomic mass is 10.0. The van der Waals surface area contributed by atoms with Gasteiger partial charge < -0.3 is 19.7 Å². The van der Waals surface area contributed by atoms with Crippen LogP contribution in [-0.4, -0.2) is 35.8 Å². The number of hydrogen-bond acceptors (Lipinski definition) is 6. The van der Waals surface area contributed by atoms with E-state index in [4.69, 9.17) is 9.47 Å². The Morgan fingerprint density at radius 3 is 2.92 bits per heavy atom. The molecule has 7 nitrogen and oxygen atoms in total. The summed E-state index contributed by atoms with van der Waals surface area (Å²) in [4.78, 5) is 23.7. The number of nitrogens with one attached hydrogen (secondary N) is 1. The van der Waals surface area contributed by atoms with Crippen LogP contribution in [-0.2, 0) is 0 Å². The lowest BCUT2D eigenvalue weighted by molar-refractivity contribution is 0.102. The van der Waals surface area contributed by atoms with Gasteiger partial charge in [0.2, 0.25) is 6.79 Å². The van der Waals surface area contributed by atoms with Crippen molar-refractivity contribution < 1.29 is 14.3 Å². The summed E-state index contributed by atoms with van der Waals surface area (Å²) in [6.45, 7) is 6.18. The third-order valence-electron chi connectivity index (χ3n) is 4.67. The van der Waals surface area contributed by atoms with Crippen molar-refractivity contribution in [2.24, 2.45) is 5.92 Å². The van der Waals surface area contributed by atoms with E-state index in [-0.39, 0.29) is 12.7 Å². The van der Waals surface area contributed by atoms with E-state index >= 15 is 0 Å². The van der Waals surface area contributed by atoms with Crippen LogP contribution >= 0.6 is 0 Å². The monoisotopic (exact) mass is 354 g/mol. The predicted octanol–water partition coefficient (Wildman–Crippen LogP) is 3.00. The Morgan fingerprint density at radius 1 is 1.23 bits per heavy atom. The number of benzene rings is 1. The standard InChI is InChI=1S/C19H22N4O3/c1-12-4-3-7-23(10-12)18-9-15(20-13(2)21-18)19(24)22-14-5-6-16-17(8-14)26-11-25-16/h5-6,8-9,12H,3-4,7,10-11H2,1-2H3,(H,22,24). The van der Waals surface area contributed by atoms with Crippen LogP contribution < -0.4 is 19.7 Å². The fraction of sp³-hybridized carbons (Fsp3) is 0.421. The molecule has 136 valence electrons. The Balaban J connectivity index is 1.54. The van der Waals surface area contributed by atoms with Crippen LogP contribution in [0.5, 0.6) is 11.5 Å². The quantitative estimate of drug-likeness (QED) is 0.913. The molecular formula is C19H22N4O3. The molecule has 1 unspecified atom stereocenters. The molecule has 1 aromatic carbocycles. The molecule has 1 amide bonds. The molecule has 0 spiro atoms. The van der Waals surface area contributed by atoms with E-state index in [9.17, 15) is 4.79 Å². The number of piperidine rings is 1. The summed E-state index contributed by atoms with van der Waals surface area (Å²) in [5.41, 5.74) is 1.01. The number of nitrogens with zero attached hydrogens (tertiary/aromatic N) is 3. The molecule has 1 atom stereocenters. The molecule has 3 heterocycles. The second-order valence-corrected chi connectivity index (χ2v) is 6.87. The molecule has 0 bridgehead atoms. The normalized spacial score (nSPS) is 18.7. The number of amides is 1. The van der Waals surface area contributed by atoms with Crippen LogP contribution in [0.15, 0.2) is 24.3 Å². The third-order valence-corrected chi connectivity index (χ3v) is 4.67. The number of hydrogen-bond donors (Lipinski definition) is 1. The van der Waals surface area contributed by atoms with Gasteiger partial charge >= 0.3 is 0 Å². The van der Waals surface area contributed by atoms with Gasteiger partial charge in [-0.3, -0.25) is 4.79 Å². The zero-order valence-corrected chi connectivity index (χ0v) is 15.0. The number of aromatic nitrogens is 2. The molecule has 4 rings (SSSR count). The zero-order valence-electron chi connectivity index (χ0n) is 15.0. The van der Waals surface area contributed by atoms with Gasteiger partial charge in [0.1, 0.15) is 17.3 Å². The van der Waals surface area contributed by atoms with Crippen LogP contribution in [0.4, 0.5) is 11.5 Å². The molecule has 26 heavy (non-hydrogen) atoms. The molecule has 0 saturated carbocycles. The fourth-order valence-electron chi connectivity index (χ4n) is 3.40. The van der Waals surface area contributed by atoms with Crippen molar-refractivity contribution >= 4 is 17.4 Å². The lowest BCUT2D eigenvalue weighted by Crippen LogP contribution is -2.35. The molecule has 1 N–H and O–H groups in total. The van der Waals surface area contributed by atoms with Crippen molar-refractivity contribution in [3.63, 3.8) is 0 Å². The van der Waals surface area contributed by atoms with Crippen LogP contribution in [0.25, 0.3) is 0 Å². The Hall–Kier alpha value is -2.83. The van der Waals surface area contributed by atoms with Gasteiger partial charge in [-0.05, 0) is 37.8 Å². The summed E-state index contributed by atoms with van der Waals surface area (Å²) in [5.74, 6) is 3.09. The minimum absolute atomic E-state index is 0.204. The smallest absolute Gasteiger partial charge is 0.274 e. The first-order valence-corrected chi connectivity index (χ1v) is 8.90. The molecule has 0 aliphatic carbocycles. The molecule has 7 heteroatoms. The molecular weight excluding hydrogens is 332 g/mol. The molecule has 1 saturated heterocycles. The number of fused-ring (bicyclic) bond motifs is 1. The number of carbonyl (C=O) groups is 1. The number of anilines is 2.